The highest BCUT2D eigenvalue weighted by molar-refractivity contribution is 7.92. The van der Waals surface area contributed by atoms with Gasteiger partial charge in [0.2, 0.25) is 5.91 Å². The smallest absolute Gasteiger partial charge is 0.263 e. The zero-order chi connectivity index (χ0) is 20.1. The molecular weight excluding hydrogens is 420 g/mol. The van der Waals surface area contributed by atoms with Crippen molar-refractivity contribution in [3.05, 3.63) is 53.3 Å². The lowest BCUT2D eigenvalue weighted by molar-refractivity contribution is -0.115. The molecule has 1 aromatic carbocycles. The Morgan fingerprint density at radius 1 is 1.29 bits per heavy atom. The number of aromatic nitrogens is 2. The minimum atomic E-state index is -3.96. The van der Waals surface area contributed by atoms with Crippen LogP contribution >= 0.6 is 22.7 Å². The summed E-state index contributed by atoms with van der Waals surface area (Å²) >= 11 is 2.45. The normalized spacial score (nSPS) is 12.2. The van der Waals surface area contributed by atoms with Gasteiger partial charge in [0.1, 0.15) is 11.5 Å². The van der Waals surface area contributed by atoms with Crippen LogP contribution in [-0.2, 0) is 26.0 Å². The van der Waals surface area contributed by atoms with Crippen LogP contribution in [0.2, 0.25) is 0 Å². The Hall–Kier alpha value is -2.63. The van der Waals surface area contributed by atoms with Crippen molar-refractivity contribution in [3.63, 3.8) is 0 Å². The van der Waals surface area contributed by atoms with Crippen molar-refractivity contribution in [2.45, 2.75) is 6.54 Å². The van der Waals surface area contributed by atoms with Crippen molar-refractivity contribution in [1.82, 2.24) is 9.55 Å². The maximum absolute atomic E-state index is 12.2. The summed E-state index contributed by atoms with van der Waals surface area (Å²) < 4.78 is 27.1. The van der Waals surface area contributed by atoms with Crippen molar-refractivity contribution in [3.8, 4) is 0 Å². The summed E-state index contributed by atoms with van der Waals surface area (Å²) in [5, 5.41) is 4.33. The molecule has 3 aromatic rings. The van der Waals surface area contributed by atoms with Gasteiger partial charge in [-0.1, -0.05) is 29.5 Å². The van der Waals surface area contributed by atoms with Crippen molar-refractivity contribution >= 4 is 59.7 Å². The Bertz CT molecular complexity index is 1190. The van der Waals surface area contributed by atoms with Gasteiger partial charge in [-0.3, -0.25) is 9.59 Å². The van der Waals surface area contributed by atoms with Crippen LogP contribution < -0.4 is 10.1 Å². The number of carbonyl (C=O) groups is 2. The van der Waals surface area contributed by atoms with E-state index >= 15 is 0 Å². The summed E-state index contributed by atoms with van der Waals surface area (Å²) in [6.45, 7) is 4.13. The maximum Gasteiger partial charge on any atom is 0.263 e. The predicted molar refractivity (Wildman–Crippen MR) is 110 cm³/mol. The highest BCUT2D eigenvalue weighted by Crippen LogP contribution is 2.16. The second kappa shape index (κ2) is 8.59. The molecule has 0 atom stereocenters. The molecule has 2 aromatic heterocycles. The van der Waals surface area contributed by atoms with Gasteiger partial charge >= 0.3 is 0 Å². The van der Waals surface area contributed by atoms with E-state index in [1.807, 2.05) is 24.3 Å². The number of hydrogen-bond acceptors (Lipinski definition) is 7. The van der Waals surface area contributed by atoms with Crippen molar-refractivity contribution in [2.24, 2.45) is 4.99 Å². The summed E-state index contributed by atoms with van der Waals surface area (Å²) in [7, 11) is -3.96. The van der Waals surface area contributed by atoms with Gasteiger partial charge in [-0.15, -0.1) is 17.9 Å². The second-order valence-corrected chi connectivity index (χ2v) is 9.64. The third-order valence-corrected chi connectivity index (χ3v) is 6.63. The average molecular weight is 437 g/mol. The van der Waals surface area contributed by atoms with Crippen LogP contribution in [0.15, 0.2) is 53.5 Å². The van der Waals surface area contributed by atoms with Crippen LogP contribution in [0.5, 0.6) is 0 Å². The molecule has 146 valence electrons. The molecule has 8 nitrogen and oxygen atoms in total. The van der Waals surface area contributed by atoms with Gasteiger partial charge in [0.05, 0.1) is 10.2 Å². The first kappa shape index (κ1) is 20.1. The molecule has 1 N–H and O–H groups in total. The molecule has 0 saturated heterocycles. The Labute approximate surface area is 168 Å². The first-order valence-electron chi connectivity index (χ1n) is 8.04. The molecule has 0 fully saturated rings. The molecule has 2 amide bonds. The van der Waals surface area contributed by atoms with Gasteiger partial charge in [0, 0.05) is 18.1 Å². The van der Waals surface area contributed by atoms with Gasteiger partial charge in [-0.05, 0) is 12.1 Å². The van der Waals surface area contributed by atoms with E-state index in [4.69, 9.17) is 0 Å². The maximum atomic E-state index is 12.2. The molecule has 0 unspecified atom stereocenters. The van der Waals surface area contributed by atoms with Crippen LogP contribution in [0.3, 0.4) is 0 Å². The molecule has 2 heterocycles. The quantitative estimate of drug-likeness (QED) is 0.568. The zero-order valence-corrected chi connectivity index (χ0v) is 17.0. The number of thiazole rings is 2. The molecule has 0 aliphatic rings. The summed E-state index contributed by atoms with van der Waals surface area (Å²) in [6.07, 6.45) is 3.16. The van der Waals surface area contributed by atoms with Crippen LogP contribution in [0.1, 0.15) is 0 Å². The Balaban J connectivity index is 1.77. The summed E-state index contributed by atoms with van der Waals surface area (Å²) in [5.41, 5.74) is 0.879. The number of nitrogens with zero attached hydrogens (tertiary/aromatic N) is 3. The van der Waals surface area contributed by atoms with E-state index in [9.17, 15) is 18.0 Å². The standard InChI is InChI=1S/C17H16N4O4S3/c1-2-8-21-12-5-3-4-6-13(12)27-17(21)20-15(23)11-28(24,25)10-14(22)19-16-18-7-9-26-16/h2-7,9H,1,8,10-11H2,(H,18,19,22). The van der Waals surface area contributed by atoms with Crippen LogP contribution in [0.4, 0.5) is 5.13 Å². The summed E-state index contributed by atoms with van der Waals surface area (Å²) in [6, 6.07) is 7.52. The van der Waals surface area contributed by atoms with Gasteiger partial charge < -0.3 is 9.88 Å². The van der Waals surface area contributed by atoms with E-state index in [2.05, 4.69) is 21.9 Å². The Kier molecular flexibility index (Phi) is 6.17. The Morgan fingerprint density at radius 3 is 2.79 bits per heavy atom. The van der Waals surface area contributed by atoms with Crippen LogP contribution in [0, 0.1) is 0 Å². The number of sulfone groups is 1. The lowest BCUT2D eigenvalue weighted by Gasteiger charge is -2.03. The van der Waals surface area contributed by atoms with E-state index in [0.29, 0.717) is 16.5 Å². The van der Waals surface area contributed by atoms with Crippen molar-refractivity contribution < 1.29 is 18.0 Å². The fourth-order valence-corrected chi connectivity index (χ4v) is 5.05. The van der Waals surface area contributed by atoms with Gasteiger partial charge in [-0.2, -0.15) is 4.99 Å². The topological polar surface area (TPSA) is 110 Å². The predicted octanol–water partition coefficient (Wildman–Crippen LogP) is 1.83. The van der Waals surface area contributed by atoms with Gasteiger partial charge in [0.25, 0.3) is 5.91 Å². The van der Waals surface area contributed by atoms with E-state index in [-0.39, 0.29) is 0 Å². The molecule has 0 radical (unpaired) electrons. The lowest BCUT2D eigenvalue weighted by atomic mass is 10.3. The first-order valence-corrected chi connectivity index (χ1v) is 11.6. The van der Waals surface area contributed by atoms with E-state index in [0.717, 1.165) is 10.2 Å². The molecule has 0 bridgehead atoms. The molecule has 28 heavy (non-hydrogen) atoms. The molecule has 3 rings (SSSR count). The van der Waals surface area contributed by atoms with Gasteiger partial charge in [-0.25, -0.2) is 13.4 Å². The summed E-state index contributed by atoms with van der Waals surface area (Å²) in [4.78, 5) is 32.3. The highest BCUT2D eigenvalue weighted by atomic mass is 32.2. The van der Waals surface area contributed by atoms with E-state index < -0.39 is 33.2 Å². The molecule has 0 saturated carbocycles. The largest absolute Gasteiger partial charge is 0.313 e. The number of fused-ring (bicyclic) bond motifs is 1. The first-order chi connectivity index (χ1) is 13.4. The second-order valence-electron chi connectivity index (χ2n) is 5.67. The number of anilines is 1. The number of rotatable bonds is 7. The number of benzene rings is 1. The number of allylic oxidation sites excluding steroid dienone is 1. The van der Waals surface area contributed by atoms with Gasteiger partial charge in [0.15, 0.2) is 19.8 Å². The van der Waals surface area contributed by atoms with E-state index in [1.165, 1.54) is 28.9 Å². The van der Waals surface area contributed by atoms with Crippen LogP contribution in [0.25, 0.3) is 10.2 Å². The van der Waals surface area contributed by atoms with Crippen molar-refractivity contribution in [1.29, 1.82) is 0 Å². The van der Waals surface area contributed by atoms with Crippen LogP contribution in [-0.4, -0.2) is 41.3 Å². The zero-order valence-electron chi connectivity index (χ0n) is 14.6. The summed E-state index contributed by atoms with van der Waals surface area (Å²) in [5.74, 6) is -3.23. The minimum Gasteiger partial charge on any atom is -0.313 e. The molecule has 0 aliphatic heterocycles. The number of para-hydroxylation sites is 1. The number of amides is 2. The molecule has 0 spiro atoms. The third kappa shape index (κ3) is 5.00. The molecular formula is C17H16N4O4S3. The van der Waals surface area contributed by atoms with Crippen molar-refractivity contribution in [2.75, 3.05) is 16.8 Å². The lowest BCUT2D eigenvalue weighted by Crippen LogP contribution is -2.28. The highest BCUT2D eigenvalue weighted by Gasteiger charge is 2.21. The number of hydrogen-bond donors (Lipinski definition) is 1. The van der Waals surface area contributed by atoms with E-state index in [1.54, 1.807) is 16.0 Å². The fraction of sp³-hybridized carbons (Fsp3) is 0.176. The average Bonchev–Trinajstić information content (AvgIpc) is 3.22. The fourth-order valence-electron chi connectivity index (χ4n) is 2.43. The Morgan fingerprint density at radius 2 is 2.07 bits per heavy atom. The molecule has 0 aliphatic carbocycles. The molecule has 11 heteroatoms. The number of nitrogens with one attached hydrogen (secondary N) is 1. The minimum absolute atomic E-state index is 0.298. The SMILES string of the molecule is C=CCn1c(=NC(=O)CS(=O)(=O)CC(=O)Nc2nccs2)sc2ccccc21. The number of carbonyl (C=O) groups excluding carboxylic acids is 2. The third-order valence-electron chi connectivity index (χ3n) is 3.49. The monoisotopic (exact) mass is 436 g/mol.